The average Bonchev–Trinajstić information content (AvgIpc) is 3.45. The van der Waals surface area contributed by atoms with E-state index in [1.165, 1.54) is 0 Å². The second kappa shape index (κ2) is 14.8. The largest absolute Gasteiger partial charge is 0.465 e. The fraction of sp³-hybridized carbons (Fsp3) is 0.378. The highest BCUT2D eigenvalue weighted by Gasteiger charge is 2.30. The van der Waals surface area contributed by atoms with E-state index in [1.54, 1.807) is 18.2 Å². The van der Waals surface area contributed by atoms with Crippen LogP contribution in [0.15, 0.2) is 65.5 Å². The maximum Gasteiger partial charge on any atom is 0.404 e. The molecule has 4 amide bonds. The van der Waals surface area contributed by atoms with Crippen molar-refractivity contribution in [2.24, 2.45) is 11.8 Å². The van der Waals surface area contributed by atoms with Gasteiger partial charge in [0.05, 0.1) is 10.9 Å². The van der Waals surface area contributed by atoms with E-state index in [1.807, 2.05) is 49.4 Å². The Morgan fingerprint density at radius 1 is 0.898 bits per heavy atom. The molecule has 256 valence electrons. The van der Waals surface area contributed by atoms with Crippen LogP contribution in [0.1, 0.15) is 66.4 Å². The molecular formula is C37H42N6O6. The molecule has 2 fully saturated rings. The van der Waals surface area contributed by atoms with E-state index in [4.69, 9.17) is 5.11 Å². The van der Waals surface area contributed by atoms with Crippen molar-refractivity contribution in [3.63, 3.8) is 0 Å². The number of rotatable bonds is 11. The first-order valence-electron chi connectivity index (χ1n) is 16.9. The quantitative estimate of drug-likeness (QED) is 0.120. The van der Waals surface area contributed by atoms with Crippen LogP contribution in [0.2, 0.25) is 0 Å². The van der Waals surface area contributed by atoms with Gasteiger partial charge in [0.25, 0.3) is 11.5 Å². The molecule has 0 spiro atoms. The number of hydrogen-bond acceptors (Lipinski definition) is 5. The zero-order valence-electron chi connectivity index (χ0n) is 27.4. The number of benzene rings is 3. The molecule has 49 heavy (non-hydrogen) atoms. The monoisotopic (exact) mass is 666 g/mol. The van der Waals surface area contributed by atoms with Gasteiger partial charge in [-0.2, -0.15) is 0 Å². The first-order valence-corrected chi connectivity index (χ1v) is 16.9. The summed E-state index contributed by atoms with van der Waals surface area (Å²) in [6.45, 7) is 2.34. The van der Waals surface area contributed by atoms with Gasteiger partial charge in [-0.25, -0.2) is 4.79 Å². The molecule has 3 aromatic carbocycles. The standard InChI is InChI=1S/C37H42N6O6/c1-21-17-26(34(45)39-27-3-2-4-27)13-15-29(21)24-9-5-22(6-10-24)18-32(36(47)40-28-14-16-30-31(19-28)42-43-35(30)46)41-33(44)25-11-7-23(8-12-25)20-38-37(48)49/h5-6,9-10,13-17,19,23,25,27,32,38H,2-4,7-8,11-12,18,20H2,1H3,(H,39,45)(H,40,47)(H,41,44)(H,48,49)(H2,42,43,46)/t23?,25?,32-/m0/s1. The number of aryl methyl sites for hydroxylation is 1. The molecule has 0 unspecified atom stereocenters. The molecular weight excluding hydrogens is 624 g/mol. The Morgan fingerprint density at radius 2 is 1.65 bits per heavy atom. The Labute approximate surface area is 283 Å². The predicted octanol–water partition coefficient (Wildman–Crippen LogP) is 4.85. The summed E-state index contributed by atoms with van der Waals surface area (Å²) in [6, 6.07) is 17.9. The summed E-state index contributed by atoms with van der Waals surface area (Å²) in [5, 5.41) is 26.1. The van der Waals surface area contributed by atoms with Gasteiger partial charge in [0.2, 0.25) is 11.8 Å². The summed E-state index contributed by atoms with van der Waals surface area (Å²) in [4.78, 5) is 62.6. The van der Waals surface area contributed by atoms with Gasteiger partial charge < -0.3 is 26.4 Å². The van der Waals surface area contributed by atoms with Crippen molar-refractivity contribution in [3.8, 4) is 11.1 Å². The van der Waals surface area contributed by atoms with Crippen molar-refractivity contribution in [2.75, 3.05) is 11.9 Å². The van der Waals surface area contributed by atoms with Crippen molar-refractivity contribution >= 4 is 40.4 Å². The second-order valence-electron chi connectivity index (χ2n) is 13.3. The molecule has 0 aliphatic heterocycles. The lowest BCUT2D eigenvalue weighted by Crippen LogP contribution is -2.48. The number of anilines is 1. The Kier molecular flexibility index (Phi) is 10.1. The topological polar surface area (TPSA) is 185 Å². The molecule has 0 saturated heterocycles. The number of carbonyl (C=O) groups is 4. The van der Waals surface area contributed by atoms with Gasteiger partial charge in [-0.3, -0.25) is 29.4 Å². The van der Waals surface area contributed by atoms with Crippen molar-refractivity contribution in [2.45, 2.75) is 70.4 Å². The highest BCUT2D eigenvalue weighted by atomic mass is 16.4. The van der Waals surface area contributed by atoms with E-state index in [0.717, 1.165) is 54.4 Å². The first-order chi connectivity index (χ1) is 23.6. The molecule has 1 heterocycles. The van der Waals surface area contributed by atoms with Crippen LogP contribution in [0.4, 0.5) is 10.5 Å². The number of nitrogens with one attached hydrogen (secondary N) is 6. The molecule has 2 aliphatic rings. The van der Waals surface area contributed by atoms with E-state index in [-0.39, 0.29) is 47.6 Å². The summed E-state index contributed by atoms with van der Waals surface area (Å²) < 4.78 is 0. The highest BCUT2D eigenvalue weighted by molar-refractivity contribution is 5.99. The third-order valence-corrected chi connectivity index (χ3v) is 9.87. The molecule has 2 saturated carbocycles. The minimum absolute atomic E-state index is 0.0504. The Hall–Kier alpha value is -5.39. The van der Waals surface area contributed by atoms with Gasteiger partial charge in [0.1, 0.15) is 6.04 Å². The summed E-state index contributed by atoms with van der Waals surface area (Å²) >= 11 is 0. The van der Waals surface area contributed by atoms with Gasteiger partial charge in [0.15, 0.2) is 0 Å². The Bertz CT molecular complexity index is 1900. The number of aromatic amines is 2. The maximum atomic E-state index is 13.7. The lowest BCUT2D eigenvalue weighted by atomic mass is 9.81. The van der Waals surface area contributed by atoms with Crippen LogP contribution in [-0.4, -0.2) is 57.7 Å². The van der Waals surface area contributed by atoms with Crippen LogP contribution < -0.4 is 26.8 Å². The summed E-state index contributed by atoms with van der Waals surface area (Å²) in [5.41, 5.74) is 5.23. The van der Waals surface area contributed by atoms with E-state index < -0.39 is 12.1 Å². The number of carbonyl (C=O) groups excluding carboxylic acids is 3. The second-order valence-corrected chi connectivity index (χ2v) is 13.3. The smallest absolute Gasteiger partial charge is 0.404 e. The minimum Gasteiger partial charge on any atom is -0.465 e. The zero-order chi connectivity index (χ0) is 34.5. The molecule has 0 bridgehead atoms. The third-order valence-electron chi connectivity index (χ3n) is 9.87. The Balaban J connectivity index is 1.15. The van der Waals surface area contributed by atoms with Crippen LogP contribution in [0.5, 0.6) is 0 Å². The third kappa shape index (κ3) is 8.19. The minimum atomic E-state index is -1.06. The van der Waals surface area contributed by atoms with Gasteiger partial charge in [-0.1, -0.05) is 30.3 Å². The maximum absolute atomic E-state index is 13.7. The molecule has 4 aromatic rings. The molecule has 1 aromatic heterocycles. The van der Waals surface area contributed by atoms with Gasteiger partial charge in [0, 0.05) is 36.2 Å². The molecule has 2 aliphatic carbocycles. The van der Waals surface area contributed by atoms with Crippen molar-refractivity contribution in [3.05, 3.63) is 87.7 Å². The number of fused-ring (bicyclic) bond motifs is 1. The fourth-order valence-corrected chi connectivity index (χ4v) is 6.71. The average molecular weight is 667 g/mol. The summed E-state index contributed by atoms with van der Waals surface area (Å²) in [6.07, 6.45) is 5.06. The van der Waals surface area contributed by atoms with Gasteiger partial charge >= 0.3 is 6.09 Å². The normalized spacial score (nSPS) is 18.2. The van der Waals surface area contributed by atoms with E-state index in [9.17, 15) is 24.0 Å². The van der Waals surface area contributed by atoms with Crippen LogP contribution >= 0.6 is 0 Å². The van der Waals surface area contributed by atoms with Crippen molar-refractivity contribution in [1.29, 1.82) is 0 Å². The molecule has 6 rings (SSSR count). The fourth-order valence-electron chi connectivity index (χ4n) is 6.71. The van der Waals surface area contributed by atoms with Crippen LogP contribution in [0, 0.1) is 18.8 Å². The molecule has 12 nitrogen and oxygen atoms in total. The lowest BCUT2D eigenvalue weighted by Gasteiger charge is -2.29. The number of H-pyrrole nitrogens is 2. The predicted molar refractivity (Wildman–Crippen MR) is 186 cm³/mol. The first kappa shape index (κ1) is 33.5. The number of hydrogen-bond donors (Lipinski definition) is 7. The molecule has 7 N–H and O–H groups in total. The number of aromatic nitrogens is 2. The van der Waals surface area contributed by atoms with Crippen molar-refractivity contribution < 1.29 is 24.3 Å². The van der Waals surface area contributed by atoms with E-state index >= 15 is 0 Å². The van der Waals surface area contributed by atoms with Crippen LogP contribution in [0.25, 0.3) is 22.0 Å². The number of amides is 4. The van der Waals surface area contributed by atoms with Crippen LogP contribution in [-0.2, 0) is 16.0 Å². The molecule has 0 radical (unpaired) electrons. The van der Waals surface area contributed by atoms with Gasteiger partial charge in [-0.15, -0.1) is 0 Å². The van der Waals surface area contributed by atoms with Crippen molar-refractivity contribution in [1.82, 2.24) is 26.1 Å². The zero-order valence-corrected chi connectivity index (χ0v) is 27.4. The summed E-state index contributed by atoms with van der Waals surface area (Å²) in [5.74, 6) is -0.742. The van der Waals surface area contributed by atoms with Crippen LogP contribution in [0.3, 0.4) is 0 Å². The highest BCUT2D eigenvalue weighted by Crippen LogP contribution is 2.29. The van der Waals surface area contributed by atoms with E-state index in [2.05, 4.69) is 31.5 Å². The molecule has 1 atom stereocenters. The SMILES string of the molecule is Cc1cc(C(=O)NC2CCC2)ccc1-c1ccc(C[C@H](NC(=O)C2CCC(CNC(=O)O)CC2)C(=O)Nc2ccc3c(=O)[nH][nH]c3c2)cc1. The Morgan fingerprint density at radius 3 is 2.33 bits per heavy atom. The van der Waals surface area contributed by atoms with E-state index in [0.29, 0.717) is 41.5 Å². The van der Waals surface area contributed by atoms with Gasteiger partial charge in [-0.05, 0) is 110 Å². The lowest BCUT2D eigenvalue weighted by molar-refractivity contribution is -0.130. The summed E-state index contributed by atoms with van der Waals surface area (Å²) in [7, 11) is 0. The molecule has 12 heteroatoms. The number of carboxylic acid groups (broad SMARTS) is 1.